The van der Waals surface area contributed by atoms with Crippen molar-refractivity contribution >= 4 is 12.0 Å². The molecular formula is C27H37N5O. The Labute approximate surface area is 198 Å². The van der Waals surface area contributed by atoms with Crippen LogP contribution in [0.2, 0.25) is 0 Å². The molecule has 2 heterocycles. The Balaban J connectivity index is 1.66. The van der Waals surface area contributed by atoms with Gasteiger partial charge in [0.1, 0.15) is 11.6 Å². The maximum atomic E-state index is 12.8. The van der Waals surface area contributed by atoms with Crippen LogP contribution in [0.25, 0.3) is 6.08 Å². The van der Waals surface area contributed by atoms with Crippen LogP contribution in [0.3, 0.4) is 0 Å². The molecule has 0 aliphatic carbocycles. The third-order valence-electron chi connectivity index (χ3n) is 6.59. The van der Waals surface area contributed by atoms with Gasteiger partial charge in [0, 0.05) is 57.2 Å². The van der Waals surface area contributed by atoms with Crippen molar-refractivity contribution in [1.82, 2.24) is 19.7 Å². The molecule has 0 bridgehead atoms. The first-order chi connectivity index (χ1) is 16.0. The minimum atomic E-state index is -0.329. The molecule has 0 spiro atoms. The third kappa shape index (κ3) is 6.34. The van der Waals surface area contributed by atoms with Gasteiger partial charge in [0.15, 0.2) is 0 Å². The number of piperazine rings is 1. The summed E-state index contributed by atoms with van der Waals surface area (Å²) < 4.78 is 2.23. The molecule has 1 aromatic carbocycles. The van der Waals surface area contributed by atoms with Crippen molar-refractivity contribution < 1.29 is 4.79 Å². The lowest BCUT2D eigenvalue weighted by Crippen LogP contribution is -2.45. The van der Waals surface area contributed by atoms with Gasteiger partial charge in [-0.2, -0.15) is 5.26 Å². The smallest absolute Gasteiger partial charge is 0.262 e. The molecule has 3 rings (SSSR count). The highest BCUT2D eigenvalue weighted by Gasteiger charge is 2.17. The molecule has 1 aliphatic heterocycles. The molecule has 33 heavy (non-hydrogen) atoms. The Morgan fingerprint density at radius 2 is 1.76 bits per heavy atom. The molecule has 0 atom stereocenters. The van der Waals surface area contributed by atoms with E-state index in [-0.39, 0.29) is 11.5 Å². The van der Waals surface area contributed by atoms with Crippen LogP contribution in [0.1, 0.15) is 48.3 Å². The molecule has 0 unspecified atom stereocenters. The topological polar surface area (TPSA) is 64.3 Å². The van der Waals surface area contributed by atoms with Crippen molar-refractivity contribution in [3.8, 4) is 6.07 Å². The van der Waals surface area contributed by atoms with Crippen molar-refractivity contribution in [3.63, 3.8) is 0 Å². The van der Waals surface area contributed by atoms with Gasteiger partial charge in [-0.25, -0.2) is 0 Å². The average Bonchev–Trinajstić information content (AvgIpc) is 3.09. The molecule has 6 nitrogen and oxygen atoms in total. The second-order valence-electron chi connectivity index (χ2n) is 8.81. The molecule has 1 aliphatic rings. The number of carbonyl (C=O) groups is 1. The lowest BCUT2D eigenvalue weighted by atomic mass is 10.1. The number of amides is 1. The average molecular weight is 448 g/mol. The highest BCUT2D eigenvalue weighted by molar-refractivity contribution is 6.01. The Kier molecular flexibility index (Phi) is 8.87. The zero-order valence-corrected chi connectivity index (χ0v) is 20.5. The lowest BCUT2D eigenvalue weighted by Gasteiger charge is -2.34. The van der Waals surface area contributed by atoms with Crippen LogP contribution in [-0.4, -0.2) is 53.0 Å². The van der Waals surface area contributed by atoms with Crippen LogP contribution < -0.4 is 5.32 Å². The second kappa shape index (κ2) is 11.8. The number of nitrogens with zero attached hydrogens (tertiary/aromatic N) is 4. The van der Waals surface area contributed by atoms with Crippen LogP contribution in [0.15, 0.2) is 35.9 Å². The summed E-state index contributed by atoms with van der Waals surface area (Å²) in [5.41, 5.74) is 5.63. The number of hydrogen-bond acceptors (Lipinski definition) is 4. The maximum Gasteiger partial charge on any atom is 0.262 e. The monoisotopic (exact) mass is 447 g/mol. The van der Waals surface area contributed by atoms with Crippen LogP contribution in [0.4, 0.5) is 0 Å². The molecule has 6 heteroatoms. The largest absolute Gasteiger partial charge is 0.349 e. The Hall–Kier alpha value is -2.88. The second-order valence-corrected chi connectivity index (χ2v) is 8.81. The summed E-state index contributed by atoms with van der Waals surface area (Å²) >= 11 is 0. The number of aryl methyl sites for hydroxylation is 1. The van der Waals surface area contributed by atoms with Gasteiger partial charge in [-0.05, 0) is 55.6 Å². The summed E-state index contributed by atoms with van der Waals surface area (Å²) in [5.74, 6) is -0.329. The number of hydrogen-bond donors (Lipinski definition) is 1. The minimum Gasteiger partial charge on any atom is -0.349 e. The van der Waals surface area contributed by atoms with Crippen molar-refractivity contribution in [3.05, 3.63) is 64.0 Å². The first-order valence-corrected chi connectivity index (χ1v) is 12.0. The maximum absolute atomic E-state index is 12.8. The number of rotatable bonds is 9. The van der Waals surface area contributed by atoms with E-state index in [1.54, 1.807) is 6.08 Å². The molecular weight excluding hydrogens is 410 g/mol. The normalized spacial score (nSPS) is 15.4. The van der Waals surface area contributed by atoms with E-state index in [2.05, 4.69) is 64.7 Å². The van der Waals surface area contributed by atoms with Crippen LogP contribution in [0.5, 0.6) is 0 Å². The molecule has 176 valence electrons. The molecule has 0 radical (unpaired) electrons. The Morgan fingerprint density at radius 3 is 2.39 bits per heavy atom. The molecule has 2 aromatic rings. The zero-order chi connectivity index (χ0) is 23.8. The van der Waals surface area contributed by atoms with Crippen molar-refractivity contribution in [2.24, 2.45) is 0 Å². The van der Waals surface area contributed by atoms with Crippen LogP contribution in [0, 0.1) is 25.2 Å². The van der Waals surface area contributed by atoms with E-state index >= 15 is 0 Å². The number of nitriles is 1. The quantitative estimate of drug-likeness (QED) is 0.468. The van der Waals surface area contributed by atoms with Crippen LogP contribution >= 0.6 is 0 Å². The molecule has 1 N–H and O–H groups in total. The fourth-order valence-electron chi connectivity index (χ4n) is 4.51. The Morgan fingerprint density at radius 1 is 1.09 bits per heavy atom. The third-order valence-corrected chi connectivity index (χ3v) is 6.59. The molecule has 0 saturated carbocycles. The van der Waals surface area contributed by atoms with Crippen molar-refractivity contribution in [2.45, 2.75) is 53.8 Å². The van der Waals surface area contributed by atoms with E-state index < -0.39 is 0 Å². The summed E-state index contributed by atoms with van der Waals surface area (Å²) in [6.07, 6.45) is 2.75. The van der Waals surface area contributed by atoms with Crippen LogP contribution in [-0.2, 0) is 24.4 Å². The van der Waals surface area contributed by atoms with Gasteiger partial charge < -0.3 is 14.8 Å². The summed E-state index contributed by atoms with van der Waals surface area (Å²) in [6, 6.07) is 12.4. The fourth-order valence-corrected chi connectivity index (χ4v) is 4.51. The SMILES string of the molecule is CCCn1c(C)cc(C=C(C#N)C(=O)NCc2ccccc2CN2CCN(CC)CC2)c1C. The predicted octanol–water partition coefficient (Wildman–Crippen LogP) is 3.88. The summed E-state index contributed by atoms with van der Waals surface area (Å²) in [4.78, 5) is 17.8. The number of benzene rings is 1. The minimum absolute atomic E-state index is 0.139. The highest BCUT2D eigenvalue weighted by atomic mass is 16.1. The van der Waals surface area contributed by atoms with E-state index in [0.29, 0.717) is 6.54 Å². The number of nitrogens with one attached hydrogen (secondary N) is 1. The van der Waals surface area contributed by atoms with E-state index in [4.69, 9.17) is 0 Å². The molecule has 1 fully saturated rings. The van der Waals surface area contributed by atoms with E-state index in [0.717, 1.165) is 74.7 Å². The van der Waals surface area contributed by atoms with Gasteiger partial charge in [0.2, 0.25) is 0 Å². The first-order valence-electron chi connectivity index (χ1n) is 12.0. The standard InChI is InChI=1S/C27H37N5O/c1-5-11-32-21(3)16-25(22(32)4)17-26(18-28)27(33)29-19-23-9-7-8-10-24(23)20-31-14-12-30(6-2)13-15-31/h7-10,16-17H,5-6,11-15,19-20H2,1-4H3,(H,29,33). The highest BCUT2D eigenvalue weighted by Crippen LogP contribution is 2.19. The van der Waals surface area contributed by atoms with E-state index in [1.807, 2.05) is 19.1 Å². The van der Waals surface area contributed by atoms with Gasteiger partial charge in [-0.1, -0.05) is 38.1 Å². The van der Waals surface area contributed by atoms with Gasteiger partial charge in [0.25, 0.3) is 5.91 Å². The number of likely N-dealkylation sites (N-methyl/N-ethyl adjacent to an activating group) is 1. The molecule has 1 aromatic heterocycles. The summed E-state index contributed by atoms with van der Waals surface area (Å²) in [5, 5.41) is 12.6. The van der Waals surface area contributed by atoms with Crippen molar-refractivity contribution in [1.29, 1.82) is 5.26 Å². The van der Waals surface area contributed by atoms with Gasteiger partial charge >= 0.3 is 0 Å². The summed E-state index contributed by atoms with van der Waals surface area (Å²) in [7, 11) is 0. The predicted molar refractivity (Wildman–Crippen MR) is 133 cm³/mol. The number of carbonyl (C=O) groups excluding carboxylic acids is 1. The zero-order valence-electron chi connectivity index (χ0n) is 20.5. The molecule has 1 amide bonds. The summed E-state index contributed by atoms with van der Waals surface area (Å²) in [6.45, 7) is 16.1. The molecule has 1 saturated heterocycles. The van der Waals surface area contributed by atoms with E-state index in [1.165, 1.54) is 5.56 Å². The van der Waals surface area contributed by atoms with Gasteiger partial charge in [-0.3, -0.25) is 9.69 Å². The van der Waals surface area contributed by atoms with E-state index in [9.17, 15) is 10.1 Å². The fraction of sp³-hybridized carbons (Fsp3) is 0.481. The van der Waals surface area contributed by atoms with Gasteiger partial charge in [-0.15, -0.1) is 0 Å². The van der Waals surface area contributed by atoms with Crippen molar-refractivity contribution in [2.75, 3.05) is 32.7 Å². The Bertz CT molecular complexity index is 1020. The first kappa shape index (κ1) is 24.8. The lowest BCUT2D eigenvalue weighted by molar-refractivity contribution is -0.117. The van der Waals surface area contributed by atoms with Gasteiger partial charge in [0.05, 0.1) is 0 Å². The number of aromatic nitrogens is 1.